The Hall–Kier alpha value is -3.98. The van der Waals surface area contributed by atoms with Crippen molar-refractivity contribution < 1.29 is 22.7 Å². The molecular weight excluding hydrogens is 445 g/mol. The number of carbonyl (C=O) groups is 1. The summed E-state index contributed by atoms with van der Waals surface area (Å²) in [7, 11) is 1.96. The summed E-state index contributed by atoms with van der Waals surface area (Å²) in [6, 6.07) is 20.5. The van der Waals surface area contributed by atoms with Crippen LogP contribution in [0.1, 0.15) is 11.1 Å². The number of carbonyl (C=O) groups excluding carboxylic acids is 1. The summed E-state index contributed by atoms with van der Waals surface area (Å²) >= 11 is 0. The Labute approximate surface area is 194 Å². The molecule has 0 unspecified atom stereocenters. The molecule has 0 saturated heterocycles. The van der Waals surface area contributed by atoms with E-state index in [4.69, 9.17) is 0 Å². The van der Waals surface area contributed by atoms with Crippen LogP contribution in [0.2, 0.25) is 0 Å². The SMILES string of the molecule is Cn1ccc2cc(NC(=O)Nc3cccc(CNCc4cccc(OC(F)(F)F)c4)c3)ccc21. The quantitative estimate of drug-likeness (QED) is 0.311. The zero-order valence-electron chi connectivity index (χ0n) is 18.3. The van der Waals surface area contributed by atoms with Crippen LogP contribution in [-0.4, -0.2) is 17.0 Å². The van der Waals surface area contributed by atoms with Gasteiger partial charge in [-0.15, -0.1) is 13.2 Å². The van der Waals surface area contributed by atoms with Crippen molar-refractivity contribution in [3.05, 3.63) is 90.1 Å². The van der Waals surface area contributed by atoms with E-state index in [0.29, 0.717) is 30.0 Å². The number of urea groups is 1. The number of alkyl halides is 3. The first kappa shape index (κ1) is 23.2. The topological polar surface area (TPSA) is 67.3 Å². The summed E-state index contributed by atoms with van der Waals surface area (Å²) in [5, 5.41) is 9.86. The van der Waals surface area contributed by atoms with E-state index in [0.717, 1.165) is 16.5 Å². The van der Waals surface area contributed by atoms with Crippen molar-refractivity contribution in [2.24, 2.45) is 7.05 Å². The van der Waals surface area contributed by atoms with E-state index >= 15 is 0 Å². The maximum Gasteiger partial charge on any atom is 0.573 e. The van der Waals surface area contributed by atoms with Crippen molar-refractivity contribution in [2.45, 2.75) is 19.5 Å². The molecule has 1 aromatic heterocycles. The molecule has 9 heteroatoms. The second-order valence-corrected chi connectivity index (χ2v) is 7.78. The van der Waals surface area contributed by atoms with Gasteiger partial charge in [-0.05, 0) is 59.7 Å². The third-order valence-corrected chi connectivity index (χ3v) is 5.12. The zero-order chi connectivity index (χ0) is 24.1. The van der Waals surface area contributed by atoms with E-state index < -0.39 is 6.36 Å². The Morgan fingerprint density at radius 2 is 1.56 bits per heavy atom. The fraction of sp³-hybridized carbons (Fsp3) is 0.160. The Morgan fingerprint density at radius 1 is 0.882 bits per heavy atom. The summed E-state index contributed by atoms with van der Waals surface area (Å²) in [6.07, 6.45) is -2.76. The van der Waals surface area contributed by atoms with Crippen LogP contribution >= 0.6 is 0 Å². The standard InChI is InChI=1S/C25H23F3N4O2/c1-32-11-10-19-14-21(8-9-23(19)32)31-24(33)30-20-6-2-4-17(12-20)15-29-16-18-5-3-7-22(13-18)34-25(26,27)28/h2-14,29H,15-16H2,1H3,(H2,30,31,33). The maximum absolute atomic E-state index is 12.4. The molecule has 176 valence electrons. The highest BCUT2D eigenvalue weighted by molar-refractivity contribution is 6.01. The molecule has 3 N–H and O–H groups in total. The Bertz CT molecular complexity index is 1300. The lowest BCUT2D eigenvalue weighted by atomic mass is 10.2. The van der Waals surface area contributed by atoms with E-state index in [1.807, 2.05) is 60.3 Å². The van der Waals surface area contributed by atoms with Gasteiger partial charge in [0.25, 0.3) is 0 Å². The van der Waals surface area contributed by atoms with E-state index in [1.165, 1.54) is 18.2 Å². The molecule has 0 aliphatic rings. The van der Waals surface area contributed by atoms with Gasteiger partial charge in [-0.1, -0.05) is 24.3 Å². The number of amides is 2. The van der Waals surface area contributed by atoms with Crippen LogP contribution in [-0.2, 0) is 20.1 Å². The third-order valence-electron chi connectivity index (χ3n) is 5.12. The van der Waals surface area contributed by atoms with Crippen LogP contribution < -0.4 is 20.7 Å². The van der Waals surface area contributed by atoms with E-state index in [-0.39, 0.29) is 11.8 Å². The Balaban J connectivity index is 1.30. The van der Waals surface area contributed by atoms with Gasteiger partial charge in [0.05, 0.1) is 0 Å². The van der Waals surface area contributed by atoms with Crippen molar-refractivity contribution in [1.29, 1.82) is 0 Å². The third kappa shape index (κ3) is 6.29. The second kappa shape index (κ2) is 9.88. The molecule has 0 aliphatic carbocycles. The Kier molecular flexibility index (Phi) is 6.74. The number of rotatable bonds is 7. The molecule has 0 spiro atoms. The molecule has 0 fully saturated rings. The lowest BCUT2D eigenvalue weighted by molar-refractivity contribution is -0.274. The van der Waals surface area contributed by atoms with Gasteiger partial charge in [0.1, 0.15) is 5.75 Å². The van der Waals surface area contributed by atoms with Crippen LogP contribution in [0, 0.1) is 0 Å². The van der Waals surface area contributed by atoms with Crippen LogP contribution in [0.15, 0.2) is 79.0 Å². The number of aryl methyl sites for hydroxylation is 1. The molecule has 4 rings (SSSR count). The van der Waals surface area contributed by atoms with Crippen molar-refractivity contribution in [3.8, 4) is 5.75 Å². The predicted molar refractivity (Wildman–Crippen MR) is 126 cm³/mol. The number of ether oxygens (including phenoxy) is 1. The van der Waals surface area contributed by atoms with Gasteiger partial charge >= 0.3 is 12.4 Å². The second-order valence-electron chi connectivity index (χ2n) is 7.78. The molecular formula is C25H23F3N4O2. The van der Waals surface area contributed by atoms with Gasteiger partial charge < -0.3 is 25.3 Å². The van der Waals surface area contributed by atoms with Crippen LogP contribution in [0.4, 0.5) is 29.3 Å². The molecule has 34 heavy (non-hydrogen) atoms. The van der Waals surface area contributed by atoms with Crippen molar-refractivity contribution in [1.82, 2.24) is 9.88 Å². The molecule has 0 atom stereocenters. The molecule has 0 saturated carbocycles. The normalized spacial score (nSPS) is 11.4. The summed E-state index contributed by atoms with van der Waals surface area (Å²) in [6.45, 7) is 0.821. The van der Waals surface area contributed by atoms with E-state index in [9.17, 15) is 18.0 Å². The maximum atomic E-state index is 12.4. The first-order valence-corrected chi connectivity index (χ1v) is 10.5. The highest BCUT2D eigenvalue weighted by atomic mass is 19.4. The number of benzene rings is 3. The van der Waals surface area contributed by atoms with Gasteiger partial charge in [0, 0.05) is 48.6 Å². The number of hydrogen-bond donors (Lipinski definition) is 3. The van der Waals surface area contributed by atoms with Gasteiger partial charge in [-0.2, -0.15) is 0 Å². The molecule has 0 bridgehead atoms. The zero-order valence-corrected chi connectivity index (χ0v) is 18.3. The van der Waals surface area contributed by atoms with Crippen LogP contribution in [0.25, 0.3) is 10.9 Å². The molecule has 1 heterocycles. The largest absolute Gasteiger partial charge is 0.573 e. The lowest BCUT2D eigenvalue weighted by Gasteiger charge is -2.11. The minimum absolute atomic E-state index is 0.254. The van der Waals surface area contributed by atoms with Crippen molar-refractivity contribution >= 4 is 28.3 Å². The number of anilines is 2. The minimum Gasteiger partial charge on any atom is -0.406 e. The number of nitrogens with zero attached hydrogens (tertiary/aromatic N) is 1. The van der Waals surface area contributed by atoms with Crippen LogP contribution in [0.3, 0.4) is 0 Å². The minimum atomic E-state index is -4.72. The molecule has 4 aromatic rings. The number of nitrogens with one attached hydrogen (secondary N) is 3. The number of aromatic nitrogens is 1. The van der Waals surface area contributed by atoms with Crippen LogP contribution in [0.5, 0.6) is 5.75 Å². The highest BCUT2D eigenvalue weighted by Gasteiger charge is 2.31. The van der Waals surface area contributed by atoms with Gasteiger partial charge in [-0.25, -0.2) is 4.79 Å². The molecule has 0 aliphatic heterocycles. The average Bonchev–Trinajstić information content (AvgIpc) is 3.13. The smallest absolute Gasteiger partial charge is 0.406 e. The van der Waals surface area contributed by atoms with Gasteiger partial charge in [0.15, 0.2) is 0 Å². The van der Waals surface area contributed by atoms with Gasteiger partial charge in [-0.3, -0.25) is 0 Å². The van der Waals surface area contributed by atoms with E-state index in [2.05, 4.69) is 20.7 Å². The first-order valence-electron chi connectivity index (χ1n) is 10.5. The summed E-state index contributed by atoms with van der Waals surface area (Å²) in [4.78, 5) is 12.4. The summed E-state index contributed by atoms with van der Waals surface area (Å²) < 4.78 is 43.1. The molecule has 0 radical (unpaired) electrons. The highest BCUT2D eigenvalue weighted by Crippen LogP contribution is 2.23. The van der Waals surface area contributed by atoms with E-state index in [1.54, 1.807) is 12.1 Å². The fourth-order valence-corrected chi connectivity index (χ4v) is 3.62. The number of fused-ring (bicyclic) bond motifs is 1. The van der Waals surface area contributed by atoms with Crippen molar-refractivity contribution in [3.63, 3.8) is 0 Å². The summed E-state index contributed by atoms with van der Waals surface area (Å²) in [5.74, 6) is -0.254. The monoisotopic (exact) mass is 468 g/mol. The molecule has 2 amide bonds. The lowest BCUT2D eigenvalue weighted by Crippen LogP contribution is -2.19. The number of hydrogen-bond acceptors (Lipinski definition) is 3. The predicted octanol–water partition coefficient (Wildman–Crippen LogP) is 6.01. The average molecular weight is 468 g/mol. The fourth-order valence-electron chi connectivity index (χ4n) is 3.62. The van der Waals surface area contributed by atoms with Crippen molar-refractivity contribution in [2.75, 3.05) is 10.6 Å². The first-order chi connectivity index (χ1) is 16.2. The summed E-state index contributed by atoms with van der Waals surface area (Å²) in [5.41, 5.74) is 3.95. The molecule has 3 aromatic carbocycles. The van der Waals surface area contributed by atoms with Gasteiger partial charge in [0.2, 0.25) is 0 Å². The molecule has 6 nitrogen and oxygen atoms in total. The number of halogens is 3. The Morgan fingerprint density at radius 3 is 2.29 bits per heavy atom.